The number of benzene rings is 3. The number of thiazole rings is 1. The number of hydrogen-bond donors (Lipinski definition) is 0. The number of fused-ring (bicyclic) bond motifs is 2. The van der Waals surface area contributed by atoms with Gasteiger partial charge in [0, 0.05) is 11.8 Å². The number of para-hydroxylation sites is 1. The normalized spacial score (nSPS) is 11.1. The van der Waals surface area contributed by atoms with Crippen LogP contribution in [0.4, 0.5) is 5.13 Å². The first-order valence-corrected chi connectivity index (χ1v) is 10.6. The van der Waals surface area contributed by atoms with Crippen LogP contribution in [0.3, 0.4) is 0 Å². The molecule has 4 nitrogen and oxygen atoms in total. The summed E-state index contributed by atoms with van der Waals surface area (Å²) in [5.74, 6) is -0.0804. The Balaban J connectivity index is 1.60. The van der Waals surface area contributed by atoms with E-state index in [9.17, 15) is 4.79 Å². The lowest BCUT2D eigenvalue weighted by Crippen LogP contribution is -2.30. The van der Waals surface area contributed by atoms with Gasteiger partial charge >= 0.3 is 0 Å². The van der Waals surface area contributed by atoms with Gasteiger partial charge in [-0.2, -0.15) is 0 Å². The molecule has 0 aliphatic heterocycles. The van der Waals surface area contributed by atoms with Crippen LogP contribution in [0.15, 0.2) is 85.1 Å². The Labute approximate surface area is 178 Å². The van der Waals surface area contributed by atoms with Crippen LogP contribution in [-0.2, 0) is 6.54 Å². The second-order valence-corrected chi connectivity index (χ2v) is 8.20. The molecule has 2 heterocycles. The third-order valence-electron chi connectivity index (χ3n) is 5.13. The van der Waals surface area contributed by atoms with Gasteiger partial charge in [-0.05, 0) is 53.6 Å². The van der Waals surface area contributed by atoms with Crippen molar-refractivity contribution in [1.82, 2.24) is 9.97 Å². The summed E-state index contributed by atoms with van der Waals surface area (Å²) in [5, 5.41) is 2.84. The Bertz CT molecular complexity index is 1360. The van der Waals surface area contributed by atoms with Crippen LogP contribution in [0.25, 0.3) is 21.0 Å². The van der Waals surface area contributed by atoms with Crippen molar-refractivity contribution in [3.8, 4) is 0 Å². The smallest absolute Gasteiger partial charge is 0.260 e. The molecular weight excluding hydrogens is 390 g/mol. The number of aromatic nitrogens is 2. The number of pyridine rings is 1. The molecule has 0 atom stereocenters. The second-order valence-electron chi connectivity index (χ2n) is 7.19. The monoisotopic (exact) mass is 409 g/mol. The fourth-order valence-electron chi connectivity index (χ4n) is 3.55. The lowest BCUT2D eigenvalue weighted by atomic mass is 10.1. The topological polar surface area (TPSA) is 46.1 Å². The Morgan fingerprint density at radius 1 is 0.933 bits per heavy atom. The van der Waals surface area contributed by atoms with E-state index >= 15 is 0 Å². The van der Waals surface area contributed by atoms with E-state index < -0.39 is 0 Å². The zero-order valence-electron chi connectivity index (χ0n) is 16.4. The third-order valence-corrected chi connectivity index (χ3v) is 6.17. The molecule has 0 radical (unpaired) electrons. The van der Waals surface area contributed by atoms with Crippen molar-refractivity contribution in [2.45, 2.75) is 13.5 Å². The van der Waals surface area contributed by atoms with E-state index in [1.165, 1.54) is 11.3 Å². The minimum absolute atomic E-state index is 0.0804. The van der Waals surface area contributed by atoms with Crippen molar-refractivity contribution in [3.05, 3.63) is 102 Å². The van der Waals surface area contributed by atoms with Gasteiger partial charge in [0.15, 0.2) is 5.13 Å². The number of aryl methyl sites for hydroxylation is 1. The molecule has 0 aliphatic rings. The molecule has 5 heteroatoms. The van der Waals surface area contributed by atoms with Gasteiger partial charge < -0.3 is 0 Å². The maximum Gasteiger partial charge on any atom is 0.260 e. The molecule has 0 bridgehead atoms. The largest absolute Gasteiger partial charge is 0.278 e. The SMILES string of the molecule is Cc1cccc2sc(N(Cc3ccccn3)C(=O)c3ccc4ccccc4c3)nc12. The van der Waals surface area contributed by atoms with Crippen molar-refractivity contribution in [2.24, 2.45) is 0 Å². The summed E-state index contributed by atoms with van der Waals surface area (Å²) in [6.07, 6.45) is 1.75. The molecule has 0 unspecified atom stereocenters. The summed E-state index contributed by atoms with van der Waals surface area (Å²) in [7, 11) is 0. The minimum atomic E-state index is -0.0804. The first-order valence-electron chi connectivity index (χ1n) is 9.76. The van der Waals surface area contributed by atoms with Crippen LogP contribution >= 0.6 is 11.3 Å². The van der Waals surface area contributed by atoms with Crippen molar-refractivity contribution in [2.75, 3.05) is 4.90 Å². The molecule has 1 amide bonds. The summed E-state index contributed by atoms with van der Waals surface area (Å²) in [4.78, 5) is 24.6. The van der Waals surface area contributed by atoms with E-state index in [2.05, 4.69) is 4.98 Å². The molecule has 2 aromatic heterocycles. The summed E-state index contributed by atoms with van der Waals surface area (Å²) in [6.45, 7) is 2.41. The van der Waals surface area contributed by atoms with Gasteiger partial charge in [-0.1, -0.05) is 59.9 Å². The number of carbonyl (C=O) groups is 1. The highest BCUT2D eigenvalue weighted by Gasteiger charge is 2.22. The highest BCUT2D eigenvalue weighted by molar-refractivity contribution is 7.22. The summed E-state index contributed by atoms with van der Waals surface area (Å²) >= 11 is 1.53. The maximum atomic E-state index is 13.6. The first-order chi connectivity index (χ1) is 14.7. The number of amides is 1. The number of anilines is 1. The lowest BCUT2D eigenvalue weighted by molar-refractivity contribution is 0.0985. The van der Waals surface area contributed by atoms with Crippen LogP contribution in [-0.4, -0.2) is 15.9 Å². The molecule has 0 spiro atoms. The summed E-state index contributed by atoms with van der Waals surface area (Å²) in [5.41, 5.74) is 3.50. The first kappa shape index (κ1) is 18.5. The fourth-order valence-corrected chi connectivity index (χ4v) is 4.59. The third kappa shape index (κ3) is 3.44. The Kier molecular flexibility index (Phi) is 4.73. The minimum Gasteiger partial charge on any atom is -0.278 e. The van der Waals surface area contributed by atoms with Crippen LogP contribution < -0.4 is 4.90 Å². The van der Waals surface area contributed by atoms with Gasteiger partial charge in [0.05, 0.1) is 22.5 Å². The van der Waals surface area contributed by atoms with E-state index in [0.29, 0.717) is 17.2 Å². The van der Waals surface area contributed by atoms with Crippen molar-refractivity contribution in [3.63, 3.8) is 0 Å². The van der Waals surface area contributed by atoms with Crippen LogP contribution in [0, 0.1) is 6.92 Å². The van der Waals surface area contributed by atoms with Crippen molar-refractivity contribution >= 4 is 43.4 Å². The van der Waals surface area contributed by atoms with Crippen LogP contribution in [0.1, 0.15) is 21.6 Å². The van der Waals surface area contributed by atoms with Crippen molar-refractivity contribution < 1.29 is 4.79 Å². The van der Waals surface area contributed by atoms with E-state index in [1.807, 2.05) is 85.8 Å². The molecule has 5 aromatic rings. The van der Waals surface area contributed by atoms with Gasteiger partial charge in [-0.15, -0.1) is 0 Å². The highest BCUT2D eigenvalue weighted by Crippen LogP contribution is 2.32. The predicted octanol–water partition coefficient (Wildman–Crippen LogP) is 6.00. The van der Waals surface area contributed by atoms with Crippen LogP contribution in [0.2, 0.25) is 0 Å². The summed E-state index contributed by atoms with van der Waals surface area (Å²) < 4.78 is 1.07. The van der Waals surface area contributed by atoms with E-state index in [1.54, 1.807) is 11.1 Å². The Hall–Kier alpha value is -3.57. The predicted molar refractivity (Wildman–Crippen MR) is 123 cm³/mol. The number of rotatable bonds is 4. The molecule has 5 rings (SSSR count). The molecule has 146 valence electrons. The fraction of sp³-hybridized carbons (Fsp3) is 0.0800. The Morgan fingerprint density at radius 3 is 2.57 bits per heavy atom. The average molecular weight is 410 g/mol. The van der Waals surface area contributed by atoms with Gasteiger partial charge in [-0.3, -0.25) is 14.7 Å². The maximum absolute atomic E-state index is 13.6. The molecule has 30 heavy (non-hydrogen) atoms. The van der Waals surface area contributed by atoms with Crippen molar-refractivity contribution in [1.29, 1.82) is 0 Å². The molecule has 0 saturated carbocycles. The molecular formula is C25H19N3OS. The van der Waals surface area contributed by atoms with Gasteiger partial charge in [0.2, 0.25) is 0 Å². The second kappa shape index (κ2) is 7.69. The lowest BCUT2D eigenvalue weighted by Gasteiger charge is -2.20. The van der Waals surface area contributed by atoms with Gasteiger partial charge in [0.25, 0.3) is 5.91 Å². The zero-order valence-corrected chi connectivity index (χ0v) is 17.3. The number of hydrogen-bond acceptors (Lipinski definition) is 4. The number of carbonyl (C=O) groups excluding carboxylic acids is 1. The molecule has 0 fully saturated rings. The molecule has 3 aromatic carbocycles. The zero-order chi connectivity index (χ0) is 20.5. The summed E-state index contributed by atoms with van der Waals surface area (Å²) in [6, 6.07) is 25.7. The average Bonchev–Trinajstić information content (AvgIpc) is 3.23. The van der Waals surface area contributed by atoms with E-state index in [4.69, 9.17) is 4.98 Å². The molecule has 0 aliphatic carbocycles. The van der Waals surface area contributed by atoms with Gasteiger partial charge in [0.1, 0.15) is 0 Å². The van der Waals surface area contributed by atoms with E-state index in [0.717, 1.165) is 32.2 Å². The van der Waals surface area contributed by atoms with Gasteiger partial charge in [-0.25, -0.2) is 4.98 Å². The standard InChI is InChI=1S/C25H19N3OS/c1-17-7-6-11-22-23(17)27-25(30-22)28(16-21-10-4-5-14-26-21)24(29)20-13-12-18-8-2-3-9-19(18)15-20/h2-15H,16H2,1H3. The number of nitrogens with zero attached hydrogens (tertiary/aromatic N) is 3. The highest BCUT2D eigenvalue weighted by atomic mass is 32.1. The van der Waals surface area contributed by atoms with Crippen LogP contribution in [0.5, 0.6) is 0 Å². The van der Waals surface area contributed by atoms with E-state index in [-0.39, 0.29) is 5.91 Å². The molecule has 0 saturated heterocycles. The Morgan fingerprint density at radius 2 is 1.77 bits per heavy atom. The molecule has 0 N–H and O–H groups in total. The quantitative estimate of drug-likeness (QED) is 0.366.